The van der Waals surface area contributed by atoms with Crippen molar-refractivity contribution in [3.8, 4) is 16.2 Å². The van der Waals surface area contributed by atoms with Crippen LogP contribution in [-0.2, 0) is 22.4 Å². The number of anilines is 1. The monoisotopic (exact) mass is 435 g/mol. The number of benzene rings is 2. The summed E-state index contributed by atoms with van der Waals surface area (Å²) in [6.07, 6.45) is 4.58. The summed E-state index contributed by atoms with van der Waals surface area (Å²) >= 11 is 1.35. The predicted octanol–water partition coefficient (Wildman–Crippen LogP) is 5.49. The Hall–Kier alpha value is -3.12. The molecule has 0 saturated heterocycles. The van der Waals surface area contributed by atoms with Gasteiger partial charge in [0.15, 0.2) is 6.61 Å². The molecule has 160 valence electrons. The smallest absolute Gasteiger partial charge is 0.341 e. The van der Waals surface area contributed by atoms with Crippen LogP contribution in [0.1, 0.15) is 41.3 Å². The molecule has 5 nitrogen and oxygen atoms in total. The molecule has 0 bridgehead atoms. The molecule has 1 N–H and O–H groups in total. The molecule has 2 aromatic carbocycles. The standard InChI is InChI=1S/C25H25NO4S/c1-2-29-25(28)21-15-22(18-9-4-3-5-10-18)31-24(21)26-23(27)16-30-20-13-12-17-8-6-7-11-19(17)14-20/h3-5,9-10,12-15H,2,6-8,11,16H2,1H3,(H,26,27). The van der Waals surface area contributed by atoms with E-state index in [1.807, 2.05) is 42.5 Å². The normalized spacial score (nSPS) is 12.7. The first-order valence-electron chi connectivity index (χ1n) is 10.5. The van der Waals surface area contributed by atoms with Crippen LogP contribution in [0.15, 0.2) is 54.6 Å². The molecular weight excluding hydrogens is 410 g/mol. The van der Waals surface area contributed by atoms with Crippen molar-refractivity contribution >= 4 is 28.2 Å². The van der Waals surface area contributed by atoms with Gasteiger partial charge in [0.05, 0.1) is 12.2 Å². The molecule has 0 unspecified atom stereocenters. The third-order valence-corrected chi connectivity index (χ3v) is 6.33. The molecule has 0 spiro atoms. The number of rotatable bonds is 7. The van der Waals surface area contributed by atoms with Crippen LogP contribution >= 0.6 is 11.3 Å². The highest BCUT2D eigenvalue weighted by Gasteiger charge is 2.20. The van der Waals surface area contributed by atoms with Gasteiger partial charge in [0, 0.05) is 4.88 Å². The molecule has 31 heavy (non-hydrogen) atoms. The number of carbonyl (C=O) groups excluding carboxylic acids is 2. The first kappa shape index (κ1) is 21.1. The van der Waals surface area contributed by atoms with Gasteiger partial charge in [-0.15, -0.1) is 11.3 Å². The average molecular weight is 436 g/mol. The Kier molecular flexibility index (Phi) is 6.67. The molecule has 6 heteroatoms. The summed E-state index contributed by atoms with van der Waals surface area (Å²) in [5.74, 6) is -0.0749. The lowest BCUT2D eigenvalue weighted by Gasteiger charge is -2.16. The summed E-state index contributed by atoms with van der Waals surface area (Å²) in [5, 5.41) is 3.30. The van der Waals surface area contributed by atoms with Crippen molar-refractivity contribution in [1.29, 1.82) is 0 Å². The van der Waals surface area contributed by atoms with E-state index in [4.69, 9.17) is 9.47 Å². The van der Waals surface area contributed by atoms with Crippen molar-refractivity contribution in [3.05, 3.63) is 71.3 Å². The fourth-order valence-electron chi connectivity index (χ4n) is 3.70. The molecule has 0 saturated carbocycles. The van der Waals surface area contributed by atoms with Crippen LogP contribution in [0.25, 0.3) is 10.4 Å². The number of thiophene rings is 1. The maximum Gasteiger partial charge on any atom is 0.341 e. The zero-order valence-corrected chi connectivity index (χ0v) is 18.3. The molecule has 1 aromatic heterocycles. The summed E-state index contributed by atoms with van der Waals surface area (Å²) in [6, 6.07) is 17.5. The van der Waals surface area contributed by atoms with Crippen LogP contribution in [0, 0.1) is 0 Å². The Morgan fingerprint density at radius 1 is 1.00 bits per heavy atom. The van der Waals surface area contributed by atoms with E-state index < -0.39 is 5.97 Å². The predicted molar refractivity (Wildman–Crippen MR) is 123 cm³/mol. The summed E-state index contributed by atoms with van der Waals surface area (Å²) in [4.78, 5) is 25.9. The van der Waals surface area contributed by atoms with Crippen LogP contribution in [0.3, 0.4) is 0 Å². The summed E-state index contributed by atoms with van der Waals surface area (Å²) in [6.45, 7) is 1.90. The second kappa shape index (κ2) is 9.79. The summed E-state index contributed by atoms with van der Waals surface area (Å²) in [5.41, 5.74) is 4.00. The van der Waals surface area contributed by atoms with Gasteiger partial charge in [-0.25, -0.2) is 4.79 Å². The van der Waals surface area contributed by atoms with Gasteiger partial charge in [-0.2, -0.15) is 0 Å². The fraction of sp³-hybridized carbons (Fsp3) is 0.280. The number of carbonyl (C=O) groups is 2. The van der Waals surface area contributed by atoms with Gasteiger partial charge in [-0.3, -0.25) is 4.79 Å². The lowest BCUT2D eigenvalue weighted by Crippen LogP contribution is -2.21. The molecule has 0 radical (unpaired) electrons. The van der Waals surface area contributed by atoms with Crippen molar-refractivity contribution < 1.29 is 19.1 Å². The van der Waals surface area contributed by atoms with Crippen molar-refractivity contribution in [1.82, 2.24) is 0 Å². The van der Waals surface area contributed by atoms with Gasteiger partial charge in [-0.05, 0) is 67.5 Å². The summed E-state index contributed by atoms with van der Waals surface area (Å²) in [7, 11) is 0. The number of esters is 1. The maximum atomic E-state index is 12.6. The zero-order valence-electron chi connectivity index (χ0n) is 17.5. The molecule has 1 aliphatic rings. The Bertz CT molecular complexity index is 1070. The molecule has 1 amide bonds. The van der Waals surface area contributed by atoms with E-state index in [9.17, 15) is 9.59 Å². The molecule has 4 rings (SSSR count). The van der Waals surface area contributed by atoms with Gasteiger partial charge in [0.25, 0.3) is 5.91 Å². The number of fused-ring (bicyclic) bond motifs is 1. The second-order valence-electron chi connectivity index (χ2n) is 7.41. The van der Waals surface area contributed by atoms with E-state index in [1.54, 1.807) is 13.0 Å². The van der Waals surface area contributed by atoms with Gasteiger partial charge in [0.1, 0.15) is 10.8 Å². The Balaban J connectivity index is 1.46. The van der Waals surface area contributed by atoms with E-state index in [-0.39, 0.29) is 19.1 Å². The van der Waals surface area contributed by atoms with Crippen LogP contribution in [0.5, 0.6) is 5.75 Å². The number of hydrogen-bond acceptors (Lipinski definition) is 5. The quantitative estimate of drug-likeness (QED) is 0.499. The minimum Gasteiger partial charge on any atom is -0.484 e. The third-order valence-electron chi connectivity index (χ3n) is 5.23. The van der Waals surface area contributed by atoms with E-state index in [2.05, 4.69) is 11.4 Å². The lowest BCUT2D eigenvalue weighted by molar-refractivity contribution is -0.118. The van der Waals surface area contributed by atoms with E-state index in [0.717, 1.165) is 23.3 Å². The fourth-order valence-corrected chi connectivity index (χ4v) is 4.77. The van der Waals surface area contributed by atoms with Gasteiger partial charge < -0.3 is 14.8 Å². The SMILES string of the molecule is CCOC(=O)c1cc(-c2ccccc2)sc1NC(=O)COc1ccc2c(c1)CCCC2. The number of amides is 1. The Morgan fingerprint density at radius 2 is 1.77 bits per heavy atom. The second-order valence-corrected chi connectivity index (χ2v) is 8.47. The Morgan fingerprint density at radius 3 is 2.55 bits per heavy atom. The van der Waals surface area contributed by atoms with Crippen molar-refractivity contribution in [2.45, 2.75) is 32.6 Å². The average Bonchev–Trinajstić information content (AvgIpc) is 3.22. The molecular formula is C25H25NO4S. The first-order valence-corrected chi connectivity index (χ1v) is 11.4. The highest BCUT2D eigenvalue weighted by molar-refractivity contribution is 7.20. The molecule has 1 heterocycles. The van der Waals surface area contributed by atoms with Crippen LogP contribution in [-0.4, -0.2) is 25.1 Å². The number of hydrogen-bond donors (Lipinski definition) is 1. The van der Waals surface area contributed by atoms with Crippen molar-refractivity contribution in [2.75, 3.05) is 18.5 Å². The van der Waals surface area contributed by atoms with E-state index in [0.29, 0.717) is 16.3 Å². The molecule has 0 atom stereocenters. The molecule has 0 fully saturated rings. The van der Waals surface area contributed by atoms with Gasteiger partial charge in [-0.1, -0.05) is 36.4 Å². The molecule has 3 aromatic rings. The molecule has 1 aliphatic carbocycles. The summed E-state index contributed by atoms with van der Waals surface area (Å²) < 4.78 is 10.9. The van der Waals surface area contributed by atoms with Crippen LogP contribution in [0.2, 0.25) is 0 Å². The Labute approximate surface area is 186 Å². The van der Waals surface area contributed by atoms with Crippen LogP contribution in [0.4, 0.5) is 5.00 Å². The zero-order chi connectivity index (χ0) is 21.6. The third kappa shape index (κ3) is 5.14. The van der Waals surface area contributed by atoms with Crippen molar-refractivity contribution in [3.63, 3.8) is 0 Å². The van der Waals surface area contributed by atoms with Gasteiger partial charge >= 0.3 is 5.97 Å². The largest absolute Gasteiger partial charge is 0.484 e. The highest BCUT2D eigenvalue weighted by atomic mass is 32.1. The van der Waals surface area contributed by atoms with Gasteiger partial charge in [0.2, 0.25) is 0 Å². The van der Waals surface area contributed by atoms with E-state index >= 15 is 0 Å². The highest BCUT2D eigenvalue weighted by Crippen LogP contribution is 2.36. The molecule has 0 aliphatic heterocycles. The topological polar surface area (TPSA) is 64.6 Å². The number of aryl methyl sites for hydroxylation is 2. The maximum absolute atomic E-state index is 12.6. The van der Waals surface area contributed by atoms with Crippen molar-refractivity contribution in [2.24, 2.45) is 0 Å². The minimum absolute atomic E-state index is 0.125. The van der Waals surface area contributed by atoms with Crippen LogP contribution < -0.4 is 10.1 Å². The van der Waals surface area contributed by atoms with E-state index in [1.165, 1.54) is 35.3 Å². The number of nitrogens with one attached hydrogen (secondary N) is 1. The minimum atomic E-state index is -0.452. The lowest BCUT2D eigenvalue weighted by atomic mass is 9.92. The first-order chi connectivity index (χ1) is 15.1. The number of ether oxygens (including phenoxy) is 2.